The van der Waals surface area contributed by atoms with E-state index < -0.39 is 10.0 Å². The molecule has 2 aromatic carbocycles. The van der Waals surface area contributed by atoms with E-state index >= 15 is 0 Å². The van der Waals surface area contributed by atoms with Crippen LogP contribution in [-0.4, -0.2) is 57.5 Å². The Morgan fingerprint density at radius 2 is 1.72 bits per heavy atom. The number of nitrogens with one attached hydrogen (secondary N) is 2. The number of hydrogen-bond donors (Lipinski definition) is 2. The summed E-state index contributed by atoms with van der Waals surface area (Å²) in [7, 11) is -3.49. The molecule has 1 atom stereocenters. The molecule has 1 aliphatic heterocycles. The van der Waals surface area contributed by atoms with Crippen LogP contribution in [0.4, 0.5) is 5.69 Å². The van der Waals surface area contributed by atoms with Crippen LogP contribution in [0.2, 0.25) is 0 Å². The van der Waals surface area contributed by atoms with Crippen molar-refractivity contribution < 1.29 is 22.8 Å². The molecule has 0 saturated carbocycles. The minimum absolute atomic E-state index is 0.105. The number of nitrogens with zero attached hydrogens (tertiary/aromatic N) is 1. The van der Waals surface area contributed by atoms with Crippen molar-refractivity contribution in [3.05, 3.63) is 54.6 Å². The topological polar surface area (TPSA) is 80.2 Å². The number of quaternary nitrogens is 1. The molecular formula is C21H28N3O4S+. The lowest BCUT2D eigenvalue weighted by atomic mass is 10.2. The summed E-state index contributed by atoms with van der Waals surface area (Å²) in [5.74, 6) is 0.538. The summed E-state index contributed by atoms with van der Waals surface area (Å²) < 4.78 is 32.6. The summed E-state index contributed by atoms with van der Waals surface area (Å²) in [6.45, 7) is 6.22. The zero-order valence-corrected chi connectivity index (χ0v) is 17.6. The van der Waals surface area contributed by atoms with Crippen molar-refractivity contribution in [1.82, 2.24) is 4.31 Å². The number of carbonyl (C=O) groups excluding carboxylic acids is 1. The van der Waals surface area contributed by atoms with Crippen LogP contribution in [0.3, 0.4) is 0 Å². The number of rotatable bonds is 7. The molecule has 8 heteroatoms. The summed E-state index contributed by atoms with van der Waals surface area (Å²) in [4.78, 5) is 14.1. The molecule has 7 nitrogen and oxygen atoms in total. The number of carbonyl (C=O) groups is 1. The molecule has 0 unspecified atom stereocenters. The lowest BCUT2D eigenvalue weighted by Crippen LogP contribution is -3.19. The fraction of sp³-hybridized carbons (Fsp3) is 0.381. The number of benzene rings is 2. The normalized spacial score (nSPS) is 16.9. The Balaban J connectivity index is 1.60. The first kappa shape index (κ1) is 21.3. The smallest absolute Gasteiger partial charge is 0.282 e. The predicted molar refractivity (Wildman–Crippen MR) is 112 cm³/mol. The van der Waals surface area contributed by atoms with E-state index in [1.165, 1.54) is 4.31 Å². The second-order valence-corrected chi connectivity index (χ2v) is 8.95. The second-order valence-electron chi connectivity index (χ2n) is 7.02. The summed E-state index contributed by atoms with van der Waals surface area (Å²) in [5.41, 5.74) is 0.649. The first-order chi connectivity index (χ1) is 13.9. The highest BCUT2D eigenvalue weighted by Gasteiger charge is 2.34. The first-order valence-corrected chi connectivity index (χ1v) is 11.3. The maximum Gasteiger partial charge on any atom is 0.282 e. The van der Waals surface area contributed by atoms with Crippen LogP contribution in [0.15, 0.2) is 59.5 Å². The van der Waals surface area contributed by atoms with Gasteiger partial charge in [0.05, 0.1) is 43.4 Å². The molecule has 1 aliphatic rings. The van der Waals surface area contributed by atoms with E-state index in [0.29, 0.717) is 49.1 Å². The van der Waals surface area contributed by atoms with Crippen LogP contribution >= 0.6 is 0 Å². The van der Waals surface area contributed by atoms with Crippen LogP contribution in [0.25, 0.3) is 0 Å². The van der Waals surface area contributed by atoms with Crippen molar-refractivity contribution in [3.8, 4) is 5.75 Å². The van der Waals surface area contributed by atoms with Crippen molar-refractivity contribution in [2.75, 3.05) is 38.1 Å². The van der Waals surface area contributed by atoms with Gasteiger partial charge in [-0.25, -0.2) is 8.42 Å². The SMILES string of the molecule is CCOc1ccccc1NC(=O)[C@H](C)[NH+]1CCN(S(=O)(=O)c2ccccc2)CC1. The van der Waals surface area contributed by atoms with Crippen LogP contribution in [0, 0.1) is 0 Å². The van der Waals surface area contributed by atoms with Gasteiger partial charge in [0.25, 0.3) is 5.91 Å². The molecule has 29 heavy (non-hydrogen) atoms. The fourth-order valence-corrected chi connectivity index (χ4v) is 4.93. The van der Waals surface area contributed by atoms with E-state index in [0.717, 1.165) is 4.90 Å². The van der Waals surface area contributed by atoms with Gasteiger partial charge in [-0.05, 0) is 38.1 Å². The Bertz CT molecular complexity index is 926. The standard InChI is InChI=1S/C21H27N3O4S/c1-3-28-20-12-8-7-11-19(20)22-21(25)17(2)23-13-15-24(16-14-23)29(26,27)18-9-5-4-6-10-18/h4-12,17H,3,13-16H2,1-2H3,(H,22,25)/p+1/t17-/m0/s1. The van der Waals surface area contributed by atoms with Gasteiger partial charge in [0.15, 0.2) is 6.04 Å². The highest BCUT2D eigenvalue weighted by atomic mass is 32.2. The van der Waals surface area contributed by atoms with Crippen molar-refractivity contribution in [2.45, 2.75) is 24.8 Å². The maximum atomic E-state index is 12.8. The molecule has 0 radical (unpaired) electrons. The summed E-state index contributed by atoms with van der Waals surface area (Å²) in [5, 5.41) is 2.94. The molecule has 2 N–H and O–H groups in total. The Morgan fingerprint density at radius 1 is 1.10 bits per heavy atom. The van der Waals surface area contributed by atoms with E-state index in [2.05, 4.69) is 5.32 Å². The van der Waals surface area contributed by atoms with Gasteiger partial charge in [-0.15, -0.1) is 0 Å². The average molecular weight is 419 g/mol. The van der Waals surface area contributed by atoms with Crippen molar-refractivity contribution in [1.29, 1.82) is 0 Å². The number of ether oxygens (including phenoxy) is 1. The number of sulfonamides is 1. The van der Waals surface area contributed by atoms with Gasteiger partial charge < -0.3 is 15.0 Å². The molecule has 1 amide bonds. The lowest BCUT2D eigenvalue weighted by molar-refractivity contribution is -0.917. The molecule has 1 heterocycles. The number of anilines is 1. The summed E-state index contributed by atoms with van der Waals surface area (Å²) >= 11 is 0. The van der Waals surface area contributed by atoms with Crippen molar-refractivity contribution in [3.63, 3.8) is 0 Å². The molecule has 0 spiro atoms. The molecule has 156 valence electrons. The van der Waals surface area contributed by atoms with E-state index in [9.17, 15) is 13.2 Å². The van der Waals surface area contributed by atoms with Gasteiger partial charge in [0.1, 0.15) is 5.75 Å². The lowest BCUT2D eigenvalue weighted by Gasteiger charge is -2.34. The van der Waals surface area contributed by atoms with E-state index in [1.54, 1.807) is 30.3 Å². The van der Waals surface area contributed by atoms with Crippen LogP contribution in [0.1, 0.15) is 13.8 Å². The van der Waals surface area contributed by atoms with Crippen LogP contribution in [0.5, 0.6) is 5.75 Å². The monoisotopic (exact) mass is 418 g/mol. The average Bonchev–Trinajstić information content (AvgIpc) is 2.75. The molecular weight excluding hydrogens is 390 g/mol. The number of para-hydroxylation sites is 2. The molecule has 1 fully saturated rings. The van der Waals surface area contributed by atoms with E-state index in [1.807, 2.05) is 38.1 Å². The zero-order valence-electron chi connectivity index (χ0n) is 16.8. The number of piperazine rings is 1. The van der Waals surface area contributed by atoms with Crippen LogP contribution < -0.4 is 15.0 Å². The van der Waals surface area contributed by atoms with E-state index in [4.69, 9.17) is 4.74 Å². The third kappa shape index (κ3) is 4.95. The molecule has 3 rings (SSSR count). The van der Waals surface area contributed by atoms with Crippen LogP contribution in [-0.2, 0) is 14.8 Å². The zero-order chi connectivity index (χ0) is 20.9. The van der Waals surface area contributed by atoms with Gasteiger partial charge in [0.2, 0.25) is 10.0 Å². The third-order valence-electron chi connectivity index (χ3n) is 5.20. The molecule has 1 saturated heterocycles. The number of amides is 1. The quantitative estimate of drug-likeness (QED) is 0.703. The largest absolute Gasteiger partial charge is 0.492 e. The molecule has 0 bridgehead atoms. The Labute approximate surface area is 172 Å². The fourth-order valence-electron chi connectivity index (χ4n) is 3.47. The molecule has 0 aliphatic carbocycles. The van der Waals surface area contributed by atoms with E-state index in [-0.39, 0.29) is 11.9 Å². The third-order valence-corrected chi connectivity index (χ3v) is 7.11. The maximum absolute atomic E-state index is 12.8. The minimum Gasteiger partial charge on any atom is -0.492 e. The minimum atomic E-state index is -3.49. The first-order valence-electron chi connectivity index (χ1n) is 9.86. The Hall–Kier alpha value is -2.42. The highest BCUT2D eigenvalue weighted by molar-refractivity contribution is 7.89. The predicted octanol–water partition coefficient (Wildman–Crippen LogP) is 1.00. The Kier molecular flexibility index (Phi) is 6.89. The second kappa shape index (κ2) is 9.39. The Morgan fingerprint density at radius 3 is 2.38 bits per heavy atom. The molecule has 2 aromatic rings. The van der Waals surface area contributed by atoms with Gasteiger partial charge >= 0.3 is 0 Å². The van der Waals surface area contributed by atoms with Gasteiger partial charge in [-0.2, -0.15) is 4.31 Å². The summed E-state index contributed by atoms with van der Waals surface area (Å²) in [6.07, 6.45) is 0. The summed E-state index contributed by atoms with van der Waals surface area (Å²) in [6, 6.07) is 15.5. The van der Waals surface area contributed by atoms with Gasteiger partial charge in [-0.1, -0.05) is 30.3 Å². The highest BCUT2D eigenvalue weighted by Crippen LogP contribution is 2.23. The van der Waals surface area contributed by atoms with Crippen molar-refractivity contribution >= 4 is 21.6 Å². The number of hydrogen-bond acceptors (Lipinski definition) is 4. The van der Waals surface area contributed by atoms with Crippen molar-refractivity contribution in [2.24, 2.45) is 0 Å². The van der Waals surface area contributed by atoms with Gasteiger partial charge in [-0.3, -0.25) is 4.79 Å². The van der Waals surface area contributed by atoms with Gasteiger partial charge in [0, 0.05) is 0 Å². The molecule has 0 aromatic heterocycles.